The number of halogens is 1. The molecule has 2 aromatic rings. The van der Waals surface area contributed by atoms with Crippen LogP contribution in [-0.4, -0.2) is 0 Å². The molecule has 0 spiro atoms. The molecule has 1 atom stereocenters. The van der Waals surface area contributed by atoms with Gasteiger partial charge >= 0.3 is 0 Å². The second kappa shape index (κ2) is 5.32. The van der Waals surface area contributed by atoms with Gasteiger partial charge in [0.25, 0.3) is 0 Å². The third-order valence-corrected chi connectivity index (χ3v) is 3.20. The topological polar surface area (TPSA) is 26.0 Å². The van der Waals surface area contributed by atoms with Gasteiger partial charge in [-0.3, -0.25) is 0 Å². The first-order chi connectivity index (χ1) is 8.63. The minimum atomic E-state index is -0.277. The number of hydrogen-bond donors (Lipinski definition) is 1. The highest BCUT2D eigenvalue weighted by molar-refractivity contribution is 5.67. The molecule has 0 aromatic heterocycles. The van der Waals surface area contributed by atoms with Crippen molar-refractivity contribution in [3.63, 3.8) is 0 Å². The van der Waals surface area contributed by atoms with Crippen molar-refractivity contribution in [1.82, 2.24) is 0 Å². The van der Waals surface area contributed by atoms with Gasteiger partial charge in [-0.15, -0.1) is 0 Å². The van der Waals surface area contributed by atoms with Gasteiger partial charge < -0.3 is 5.73 Å². The summed E-state index contributed by atoms with van der Waals surface area (Å²) in [5, 5.41) is 0. The average Bonchev–Trinajstić information content (AvgIpc) is 2.38. The number of aryl methyl sites for hydroxylation is 1. The van der Waals surface area contributed by atoms with Crippen LogP contribution in [0.25, 0.3) is 11.1 Å². The minimum absolute atomic E-state index is 0.228. The quantitative estimate of drug-likeness (QED) is 0.863. The third-order valence-electron chi connectivity index (χ3n) is 3.20. The van der Waals surface area contributed by atoms with Crippen molar-refractivity contribution in [1.29, 1.82) is 0 Å². The van der Waals surface area contributed by atoms with Gasteiger partial charge in [0.15, 0.2) is 0 Å². The van der Waals surface area contributed by atoms with Crippen LogP contribution in [0.15, 0.2) is 42.5 Å². The van der Waals surface area contributed by atoms with Crippen LogP contribution in [0.2, 0.25) is 0 Å². The lowest BCUT2D eigenvalue weighted by atomic mass is 9.96. The zero-order valence-corrected chi connectivity index (χ0v) is 10.8. The first kappa shape index (κ1) is 12.8. The van der Waals surface area contributed by atoms with Gasteiger partial charge in [-0.1, -0.05) is 43.3 Å². The van der Waals surface area contributed by atoms with E-state index in [1.165, 1.54) is 5.56 Å². The number of rotatable bonds is 3. The first-order valence-electron chi connectivity index (χ1n) is 6.26. The highest BCUT2D eigenvalue weighted by atomic mass is 19.1. The van der Waals surface area contributed by atoms with E-state index >= 15 is 0 Å². The highest BCUT2D eigenvalue weighted by Crippen LogP contribution is 2.27. The predicted molar refractivity (Wildman–Crippen MR) is 73.8 cm³/mol. The van der Waals surface area contributed by atoms with Crippen LogP contribution in [0.3, 0.4) is 0 Å². The molecule has 2 heteroatoms. The molecular weight excluding hydrogens is 225 g/mol. The summed E-state index contributed by atoms with van der Waals surface area (Å²) in [5.41, 5.74) is 9.51. The van der Waals surface area contributed by atoms with Gasteiger partial charge in [-0.2, -0.15) is 0 Å². The van der Waals surface area contributed by atoms with E-state index in [2.05, 4.69) is 13.0 Å². The second-order valence-corrected chi connectivity index (χ2v) is 4.54. The smallest absolute Gasteiger partial charge is 0.128 e. The van der Waals surface area contributed by atoms with Crippen molar-refractivity contribution in [3.05, 3.63) is 59.4 Å². The minimum Gasteiger partial charge on any atom is -0.324 e. The lowest BCUT2D eigenvalue weighted by molar-refractivity contribution is 0.594. The summed E-state index contributed by atoms with van der Waals surface area (Å²) in [6.45, 7) is 3.89. The van der Waals surface area contributed by atoms with Crippen LogP contribution in [-0.2, 0) is 6.42 Å². The summed E-state index contributed by atoms with van der Waals surface area (Å²) in [4.78, 5) is 0. The molecule has 1 nitrogen and oxygen atoms in total. The Labute approximate surface area is 107 Å². The number of nitrogens with two attached hydrogens (primary N) is 1. The van der Waals surface area contributed by atoms with Crippen molar-refractivity contribution in [2.45, 2.75) is 26.3 Å². The maximum atomic E-state index is 13.9. The maximum Gasteiger partial charge on any atom is 0.128 e. The van der Waals surface area contributed by atoms with Gasteiger partial charge in [0, 0.05) is 11.6 Å². The van der Waals surface area contributed by atoms with Crippen LogP contribution in [0, 0.1) is 5.82 Å². The predicted octanol–water partition coefficient (Wildman–Crippen LogP) is 4.07. The molecule has 2 aromatic carbocycles. The third kappa shape index (κ3) is 2.44. The van der Waals surface area contributed by atoms with Gasteiger partial charge in [-0.05, 0) is 36.1 Å². The van der Waals surface area contributed by atoms with Crippen LogP contribution >= 0.6 is 0 Å². The summed E-state index contributed by atoms with van der Waals surface area (Å²) in [7, 11) is 0. The molecule has 94 valence electrons. The Kier molecular flexibility index (Phi) is 3.78. The number of benzene rings is 2. The lowest BCUT2D eigenvalue weighted by Crippen LogP contribution is -2.07. The van der Waals surface area contributed by atoms with Crippen LogP contribution in [0.5, 0.6) is 0 Å². The number of hydrogen-bond acceptors (Lipinski definition) is 1. The van der Waals surface area contributed by atoms with Crippen molar-refractivity contribution in [2.24, 2.45) is 5.73 Å². The molecule has 2 rings (SSSR count). The van der Waals surface area contributed by atoms with Crippen molar-refractivity contribution >= 4 is 0 Å². The monoisotopic (exact) mass is 243 g/mol. The van der Waals surface area contributed by atoms with Gasteiger partial charge in [0.05, 0.1) is 0 Å². The normalized spacial score (nSPS) is 12.4. The Morgan fingerprint density at radius 3 is 2.50 bits per heavy atom. The second-order valence-electron chi connectivity index (χ2n) is 4.54. The molecule has 0 aliphatic rings. The molecule has 0 saturated heterocycles. The Hall–Kier alpha value is -1.67. The summed E-state index contributed by atoms with van der Waals surface area (Å²) >= 11 is 0. The van der Waals surface area contributed by atoms with Gasteiger partial charge in [0.1, 0.15) is 5.82 Å². The molecule has 0 amide bonds. The van der Waals surface area contributed by atoms with Gasteiger partial charge in [-0.25, -0.2) is 4.39 Å². The fourth-order valence-electron chi connectivity index (χ4n) is 2.17. The van der Waals surface area contributed by atoms with E-state index < -0.39 is 0 Å². The van der Waals surface area contributed by atoms with E-state index in [1.54, 1.807) is 19.1 Å². The molecule has 0 unspecified atom stereocenters. The van der Waals surface area contributed by atoms with Crippen LogP contribution < -0.4 is 5.73 Å². The molecular formula is C16H18FN. The maximum absolute atomic E-state index is 13.9. The largest absolute Gasteiger partial charge is 0.324 e. The summed E-state index contributed by atoms with van der Waals surface area (Å²) in [5.74, 6) is -0.228. The molecule has 18 heavy (non-hydrogen) atoms. The summed E-state index contributed by atoms with van der Waals surface area (Å²) < 4.78 is 13.9. The van der Waals surface area contributed by atoms with Crippen LogP contribution in [0.1, 0.15) is 31.0 Å². The molecule has 0 saturated carbocycles. The Morgan fingerprint density at radius 2 is 1.89 bits per heavy atom. The summed E-state index contributed by atoms with van der Waals surface area (Å²) in [6.07, 6.45) is 0.937. The molecule has 0 radical (unpaired) electrons. The summed E-state index contributed by atoms with van der Waals surface area (Å²) in [6, 6.07) is 13.1. The zero-order chi connectivity index (χ0) is 13.1. The van der Waals surface area contributed by atoms with E-state index in [-0.39, 0.29) is 11.9 Å². The fourth-order valence-corrected chi connectivity index (χ4v) is 2.17. The van der Waals surface area contributed by atoms with E-state index in [1.807, 2.05) is 24.3 Å². The molecule has 0 fully saturated rings. The average molecular weight is 243 g/mol. The van der Waals surface area contributed by atoms with Crippen LogP contribution in [0.4, 0.5) is 4.39 Å². The molecule has 0 aliphatic heterocycles. The Morgan fingerprint density at radius 1 is 1.17 bits per heavy atom. The Bertz CT molecular complexity index is 547. The highest BCUT2D eigenvalue weighted by Gasteiger charge is 2.09. The molecule has 0 bridgehead atoms. The Balaban J connectivity index is 2.49. The zero-order valence-electron chi connectivity index (χ0n) is 10.8. The van der Waals surface area contributed by atoms with E-state index in [9.17, 15) is 4.39 Å². The standard InChI is InChI=1S/C16H18FN/c1-3-12-6-4-5-7-15(12)13-8-9-14(11(2)18)16(17)10-13/h4-11H,3,18H2,1-2H3/t11-/m1/s1. The fraction of sp³-hybridized carbons (Fsp3) is 0.250. The van der Waals surface area contributed by atoms with Gasteiger partial charge in [0.2, 0.25) is 0 Å². The van der Waals surface area contributed by atoms with Crippen molar-refractivity contribution in [3.8, 4) is 11.1 Å². The SMILES string of the molecule is CCc1ccccc1-c1ccc([C@@H](C)N)c(F)c1. The van der Waals surface area contributed by atoms with E-state index in [4.69, 9.17) is 5.73 Å². The van der Waals surface area contributed by atoms with E-state index in [0.717, 1.165) is 17.5 Å². The molecule has 2 N–H and O–H groups in total. The van der Waals surface area contributed by atoms with Crippen molar-refractivity contribution in [2.75, 3.05) is 0 Å². The van der Waals surface area contributed by atoms with E-state index in [0.29, 0.717) is 5.56 Å². The first-order valence-corrected chi connectivity index (χ1v) is 6.26. The molecule has 0 aliphatic carbocycles. The lowest BCUT2D eigenvalue weighted by Gasteiger charge is -2.11. The molecule has 0 heterocycles. The van der Waals surface area contributed by atoms with Crippen molar-refractivity contribution < 1.29 is 4.39 Å².